The molecule has 0 aliphatic carbocycles. The molecule has 2 heterocycles. The number of hydrogen-bond acceptors (Lipinski definition) is 8. The molecule has 4 aromatic rings. The number of carboxylic acids is 2. The number of fused-ring (bicyclic) bond motifs is 2. The van der Waals surface area contributed by atoms with Crippen LogP contribution in [0.3, 0.4) is 0 Å². The van der Waals surface area contributed by atoms with Crippen LogP contribution in [0.15, 0.2) is 68.1 Å². The normalized spacial score (nSPS) is 10.6. The van der Waals surface area contributed by atoms with E-state index in [0.29, 0.717) is 20.8 Å². The van der Waals surface area contributed by atoms with Gasteiger partial charge < -0.3 is 10.2 Å². The Labute approximate surface area is 273 Å². The van der Waals surface area contributed by atoms with Crippen molar-refractivity contribution in [2.24, 2.45) is 0 Å². The summed E-state index contributed by atoms with van der Waals surface area (Å²) in [7, 11) is 0. The van der Waals surface area contributed by atoms with E-state index < -0.39 is 11.9 Å². The maximum atomic E-state index is 11.2. The summed E-state index contributed by atoms with van der Waals surface area (Å²) in [5.41, 5.74) is 1.48. The largest absolute Gasteiger partial charge is 0.477 e. The first-order valence-corrected chi connectivity index (χ1v) is 16.1. The second kappa shape index (κ2) is 18.0. The van der Waals surface area contributed by atoms with Crippen LogP contribution in [0.2, 0.25) is 0 Å². The fourth-order valence-corrected chi connectivity index (χ4v) is 6.61. The summed E-state index contributed by atoms with van der Waals surface area (Å²) >= 11 is 12.1. The van der Waals surface area contributed by atoms with Crippen molar-refractivity contribution in [2.75, 3.05) is 11.5 Å². The molecule has 6 nitrogen and oxygen atoms in total. The van der Waals surface area contributed by atoms with E-state index in [4.69, 9.17) is 0 Å². The molecule has 0 atom stereocenters. The molecule has 214 valence electrons. The van der Waals surface area contributed by atoms with Crippen LogP contribution in [0.4, 0.5) is 0 Å². The van der Waals surface area contributed by atoms with Gasteiger partial charge in [0.25, 0.3) is 0 Å². The Morgan fingerprint density at radius 3 is 1.44 bits per heavy atom. The second-order valence-electron chi connectivity index (χ2n) is 9.08. The third-order valence-electron chi connectivity index (χ3n) is 6.01. The van der Waals surface area contributed by atoms with E-state index in [1.807, 2.05) is 36.4 Å². The predicted molar refractivity (Wildman–Crippen MR) is 172 cm³/mol. The summed E-state index contributed by atoms with van der Waals surface area (Å²) in [6, 6.07) is 14.8. The van der Waals surface area contributed by atoms with Gasteiger partial charge in [-0.2, -0.15) is 0 Å². The molecule has 0 fully saturated rings. The number of rotatable bonds is 12. The van der Waals surface area contributed by atoms with Crippen molar-refractivity contribution in [3.8, 4) is 0 Å². The van der Waals surface area contributed by atoms with E-state index in [2.05, 4.69) is 49.1 Å². The van der Waals surface area contributed by atoms with E-state index in [1.54, 1.807) is 35.7 Å². The quantitative estimate of drug-likeness (QED) is 0.0510. The third-order valence-corrected chi connectivity index (χ3v) is 9.01. The summed E-state index contributed by atoms with van der Waals surface area (Å²) in [4.78, 5) is 34.1. The third kappa shape index (κ3) is 10.2. The number of hydrogen-bond donors (Lipinski definition) is 4. The fourth-order valence-electron chi connectivity index (χ4n) is 3.93. The van der Waals surface area contributed by atoms with Crippen molar-refractivity contribution < 1.29 is 39.3 Å². The molecule has 0 aliphatic heterocycles. The molecule has 2 aromatic heterocycles. The van der Waals surface area contributed by atoms with Gasteiger partial charge in [-0.15, -0.1) is 48.8 Å². The monoisotopic (exact) mass is 678 g/mol. The Kier molecular flexibility index (Phi) is 15.6. The number of pyridine rings is 2. The molecule has 41 heavy (non-hydrogen) atoms. The Balaban J connectivity index is 0.000000280. The van der Waals surface area contributed by atoms with Gasteiger partial charge >= 0.3 is 11.9 Å². The van der Waals surface area contributed by atoms with E-state index in [0.717, 1.165) is 44.9 Å². The minimum absolute atomic E-state index is 0. The van der Waals surface area contributed by atoms with Crippen LogP contribution < -0.4 is 0 Å². The number of thiol groups is 2. The van der Waals surface area contributed by atoms with Crippen LogP contribution in [0.1, 0.15) is 73.3 Å². The van der Waals surface area contributed by atoms with E-state index >= 15 is 0 Å². The van der Waals surface area contributed by atoms with Crippen LogP contribution in [0, 0.1) is 0 Å². The smallest absolute Gasteiger partial charge is 0.354 e. The van der Waals surface area contributed by atoms with Crippen LogP contribution in [-0.2, 0) is 19.5 Å². The molecule has 0 radical (unpaired) electrons. The molecule has 0 bridgehead atoms. The number of carbonyl (C=O) groups is 2. The van der Waals surface area contributed by atoms with Crippen molar-refractivity contribution in [1.82, 2.24) is 9.97 Å². The molecular weight excluding hydrogens is 646 g/mol. The Bertz CT molecular complexity index is 1380. The van der Waals surface area contributed by atoms with E-state index in [1.165, 1.54) is 25.7 Å². The molecule has 0 amide bonds. The molecule has 11 heteroatoms. The van der Waals surface area contributed by atoms with Crippen LogP contribution in [-0.4, -0.2) is 43.6 Å². The predicted octanol–water partition coefficient (Wildman–Crippen LogP) is 9.01. The second-order valence-corrected chi connectivity index (χ2v) is 12.3. The molecule has 0 unspecified atom stereocenters. The van der Waals surface area contributed by atoms with Gasteiger partial charge in [0.2, 0.25) is 0 Å². The fraction of sp³-hybridized carbons (Fsp3) is 0.333. The van der Waals surface area contributed by atoms with Crippen molar-refractivity contribution in [3.63, 3.8) is 0 Å². The van der Waals surface area contributed by atoms with Gasteiger partial charge in [-0.1, -0.05) is 63.8 Å². The van der Waals surface area contributed by atoms with E-state index in [-0.39, 0.29) is 30.9 Å². The maximum Gasteiger partial charge on any atom is 0.354 e. The Hall–Kier alpha value is -1.78. The Morgan fingerprint density at radius 2 is 1.10 bits per heavy atom. The number of carboxylic acid groups (broad SMARTS) is 2. The van der Waals surface area contributed by atoms with Crippen LogP contribution in [0.5, 0.6) is 0 Å². The molecule has 0 spiro atoms. The zero-order chi connectivity index (χ0) is 29.1. The number of benzene rings is 2. The molecule has 0 saturated carbocycles. The average molecular weight is 680 g/mol. The van der Waals surface area contributed by atoms with Gasteiger partial charge in [0.1, 0.15) is 11.4 Å². The summed E-state index contributed by atoms with van der Waals surface area (Å²) in [5.74, 6) is -0.0242. The SMILES string of the molecule is CCCCCSc1cc(C(=O)O)nc2c(S)cccc12.CCCCCSc1cc(C(=O)O)nc2c(S)cccc12.[Zn]. The number of para-hydroxylation sites is 2. The number of aromatic nitrogens is 2. The molecule has 4 rings (SSSR count). The van der Waals surface area contributed by atoms with Gasteiger partial charge in [0.15, 0.2) is 0 Å². The van der Waals surface area contributed by atoms with Gasteiger partial charge in [0, 0.05) is 49.8 Å². The van der Waals surface area contributed by atoms with Gasteiger partial charge in [-0.25, -0.2) is 19.6 Å². The minimum Gasteiger partial charge on any atom is -0.477 e. The maximum absolute atomic E-state index is 11.2. The first-order valence-electron chi connectivity index (χ1n) is 13.2. The first-order chi connectivity index (χ1) is 19.3. The molecule has 0 aliphatic rings. The Morgan fingerprint density at radius 1 is 0.707 bits per heavy atom. The average Bonchev–Trinajstić information content (AvgIpc) is 2.94. The van der Waals surface area contributed by atoms with Gasteiger partial charge in [0.05, 0.1) is 11.0 Å². The molecule has 2 N–H and O–H groups in total. The standard InChI is InChI=1S/2C15H17NO2S2.Zn/c2*1-2-3-4-8-20-13-9-11(15(17)18)16-14-10(13)6-5-7-12(14)19;/h2*5-7,9,19H,2-4,8H2,1H3,(H,17,18);. The molecular formula is C30H34N2O4S4Zn. The number of aromatic carboxylic acids is 2. The molecule has 2 aromatic carbocycles. The van der Waals surface area contributed by atoms with Crippen molar-refractivity contribution in [3.05, 3.63) is 59.9 Å². The van der Waals surface area contributed by atoms with Crippen molar-refractivity contribution in [1.29, 1.82) is 0 Å². The topological polar surface area (TPSA) is 100 Å². The summed E-state index contributed by atoms with van der Waals surface area (Å²) in [5, 5.41) is 20.3. The minimum atomic E-state index is -1.00. The number of unbranched alkanes of at least 4 members (excludes halogenated alkanes) is 4. The zero-order valence-electron chi connectivity index (χ0n) is 23.3. The zero-order valence-corrected chi connectivity index (χ0v) is 29.7. The number of nitrogens with zero attached hydrogens (tertiary/aromatic N) is 2. The van der Waals surface area contributed by atoms with Gasteiger partial charge in [-0.3, -0.25) is 0 Å². The first kappa shape index (κ1) is 35.4. The van der Waals surface area contributed by atoms with Crippen LogP contribution >= 0.6 is 48.8 Å². The summed E-state index contributed by atoms with van der Waals surface area (Å²) < 4.78 is 0. The molecule has 0 saturated heterocycles. The number of thioether (sulfide) groups is 2. The van der Waals surface area contributed by atoms with Gasteiger partial charge in [-0.05, 0) is 48.6 Å². The summed E-state index contributed by atoms with van der Waals surface area (Å²) in [6.45, 7) is 4.34. The summed E-state index contributed by atoms with van der Waals surface area (Å²) in [6.07, 6.45) is 7.01. The van der Waals surface area contributed by atoms with Crippen molar-refractivity contribution >= 4 is 82.5 Å². The van der Waals surface area contributed by atoms with Crippen molar-refractivity contribution in [2.45, 2.75) is 72.0 Å². The van der Waals surface area contributed by atoms with Crippen LogP contribution in [0.25, 0.3) is 21.8 Å². The van der Waals surface area contributed by atoms with E-state index in [9.17, 15) is 19.8 Å².